The SMILES string of the molecule is CC(c1ccccn1)N1CCC(N)CC1.Cl. The average Bonchev–Trinajstić information content (AvgIpc) is 2.30. The van der Waals surface area contributed by atoms with Crippen LogP contribution in [0.5, 0.6) is 0 Å². The first-order chi connectivity index (χ1) is 7.27. The van der Waals surface area contributed by atoms with Crippen molar-refractivity contribution in [2.24, 2.45) is 5.73 Å². The van der Waals surface area contributed by atoms with E-state index in [1.165, 1.54) is 0 Å². The second-order valence-electron chi connectivity index (χ2n) is 4.30. The predicted molar refractivity (Wildman–Crippen MR) is 68.7 cm³/mol. The second kappa shape index (κ2) is 6.18. The molecule has 0 aliphatic carbocycles. The van der Waals surface area contributed by atoms with Gasteiger partial charge in [-0.1, -0.05) is 6.07 Å². The van der Waals surface area contributed by atoms with Crippen LogP contribution in [0.4, 0.5) is 0 Å². The van der Waals surface area contributed by atoms with E-state index in [0.717, 1.165) is 31.6 Å². The Kier molecular flexibility index (Phi) is 5.19. The van der Waals surface area contributed by atoms with Gasteiger partial charge in [-0.25, -0.2) is 0 Å². The van der Waals surface area contributed by atoms with E-state index in [0.29, 0.717) is 12.1 Å². The van der Waals surface area contributed by atoms with Gasteiger partial charge in [0.2, 0.25) is 0 Å². The molecule has 4 heteroatoms. The number of hydrogen-bond donors (Lipinski definition) is 1. The van der Waals surface area contributed by atoms with Crippen molar-refractivity contribution in [1.29, 1.82) is 0 Å². The summed E-state index contributed by atoms with van der Waals surface area (Å²) in [4.78, 5) is 6.86. The Morgan fingerprint density at radius 1 is 1.38 bits per heavy atom. The lowest BCUT2D eigenvalue weighted by Gasteiger charge is -2.34. The summed E-state index contributed by atoms with van der Waals surface area (Å²) in [5.74, 6) is 0. The van der Waals surface area contributed by atoms with Crippen molar-refractivity contribution in [3.8, 4) is 0 Å². The van der Waals surface area contributed by atoms with Gasteiger partial charge in [0.05, 0.1) is 5.69 Å². The van der Waals surface area contributed by atoms with Gasteiger partial charge in [0, 0.05) is 31.4 Å². The highest BCUT2D eigenvalue weighted by Crippen LogP contribution is 2.21. The van der Waals surface area contributed by atoms with Crippen molar-refractivity contribution < 1.29 is 0 Å². The van der Waals surface area contributed by atoms with Gasteiger partial charge in [-0.3, -0.25) is 9.88 Å². The third-order valence-corrected chi connectivity index (χ3v) is 3.24. The van der Waals surface area contributed by atoms with Crippen LogP contribution in [0.25, 0.3) is 0 Å². The molecule has 2 N–H and O–H groups in total. The minimum absolute atomic E-state index is 0. The lowest BCUT2D eigenvalue weighted by Crippen LogP contribution is -2.40. The quantitative estimate of drug-likeness (QED) is 0.861. The molecule has 2 heterocycles. The van der Waals surface area contributed by atoms with E-state index in [1.54, 1.807) is 0 Å². The van der Waals surface area contributed by atoms with E-state index in [9.17, 15) is 0 Å². The molecule has 1 unspecified atom stereocenters. The maximum Gasteiger partial charge on any atom is 0.0572 e. The first kappa shape index (κ1) is 13.4. The van der Waals surface area contributed by atoms with Gasteiger partial charge in [0.1, 0.15) is 0 Å². The van der Waals surface area contributed by atoms with Crippen LogP contribution in [-0.2, 0) is 0 Å². The largest absolute Gasteiger partial charge is 0.328 e. The standard InChI is InChI=1S/C12H19N3.ClH/c1-10(12-4-2-3-7-14-12)15-8-5-11(13)6-9-15;/h2-4,7,10-11H,5-6,8-9,13H2,1H3;1H. The lowest BCUT2D eigenvalue weighted by molar-refractivity contribution is 0.161. The van der Waals surface area contributed by atoms with Gasteiger partial charge >= 0.3 is 0 Å². The Labute approximate surface area is 103 Å². The highest BCUT2D eigenvalue weighted by Gasteiger charge is 2.21. The molecule has 0 spiro atoms. The highest BCUT2D eigenvalue weighted by molar-refractivity contribution is 5.85. The fourth-order valence-electron chi connectivity index (χ4n) is 2.12. The van der Waals surface area contributed by atoms with E-state index in [1.807, 2.05) is 12.3 Å². The summed E-state index contributed by atoms with van der Waals surface area (Å²) in [6.07, 6.45) is 4.08. The topological polar surface area (TPSA) is 42.2 Å². The molecule has 0 aromatic carbocycles. The number of hydrogen-bond acceptors (Lipinski definition) is 3. The maximum atomic E-state index is 5.89. The zero-order chi connectivity index (χ0) is 10.7. The first-order valence-electron chi connectivity index (χ1n) is 5.68. The van der Waals surface area contributed by atoms with Crippen molar-refractivity contribution in [2.45, 2.75) is 31.8 Å². The van der Waals surface area contributed by atoms with Gasteiger partial charge in [0.25, 0.3) is 0 Å². The van der Waals surface area contributed by atoms with E-state index in [-0.39, 0.29) is 12.4 Å². The molecular weight excluding hydrogens is 222 g/mol. The number of nitrogens with zero attached hydrogens (tertiary/aromatic N) is 2. The molecule has 1 aromatic heterocycles. The average molecular weight is 242 g/mol. The molecule has 1 aliphatic rings. The molecule has 1 aliphatic heterocycles. The van der Waals surface area contributed by atoms with Gasteiger partial charge < -0.3 is 5.73 Å². The Morgan fingerprint density at radius 2 is 2.06 bits per heavy atom. The van der Waals surface area contributed by atoms with Crippen LogP contribution in [-0.4, -0.2) is 29.0 Å². The predicted octanol–water partition coefficient (Wildman–Crippen LogP) is 1.99. The summed E-state index contributed by atoms with van der Waals surface area (Å²) in [7, 11) is 0. The number of piperidine rings is 1. The molecule has 3 nitrogen and oxygen atoms in total. The lowest BCUT2D eigenvalue weighted by atomic mass is 10.0. The molecule has 0 amide bonds. The molecule has 1 aromatic rings. The van der Waals surface area contributed by atoms with Crippen LogP contribution in [0.2, 0.25) is 0 Å². The Hall–Kier alpha value is -0.640. The number of rotatable bonds is 2. The number of aromatic nitrogens is 1. The summed E-state index contributed by atoms with van der Waals surface area (Å²) in [5, 5.41) is 0. The van der Waals surface area contributed by atoms with Crippen LogP contribution in [0.1, 0.15) is 31.5 Å². The number of nitrogens with two attached hydrogens (primary N) is 1. The monoisotopic (exact) mass is 241 g/mol. The summed E-state index contributed by atoms with van der Waals surface area (Å²) >= 11 is 0. The molecule has 2 rings (SSSR count). The molecular formula is C12H20ClN3. The van der Waals surface area contributed by atoms with E-state index in [4.69, 9.17) is 5.73 Å². The molecule has 0 bridgehead atoms. The minimum Gasteiger partial charge on any atom is -0.328 e. The number of pyridine rings is 1. The van der Waals surface area contributed by atoms with Crippen LogP contribution in [0, 0.1) is 0 Å². The summed E-state index contributed by atoms with van der Waals surface area (Å²) in [6, 6.07) is 6.92. The smallest absolute Gasteiger partial charge is 0.0572 e. The molecule has 1 fully saturated rings. The van der Waals surface area contributed by atoms with Gasteiger partial charge in [-0.2, -0.15) is 0 Å². The molecule has 90 valence electrons. The fraction of sp³-hybridized carbons (Fsp3) is 0.583. The molecule has 0 saturated carbocycles. The Bertz CT molecular complexity index is 296. The molecule has 0 radical (unpaired) electrons. The van der Waals surface area contributed by atoms with E-state index in [2.05, 4.69) is 28.9 Å². The zero-order valence-corrected chi connectivity index (χ0v) is 10.5. The fourth-order valence-corrected chi connectivity index (χ4v) is 2.12. The van der Waals surface area contributed by atoms with E-state index < -0.39 is 0 Å². The van der Waals surface area contributed by atoms with Crippen molar-refractivity contribution in [1.82, 2.24) is 9.88 Å². The summed E-state index contributed by atoms with van der Waals surface area (Å²) < 4.78 is 0. The van der Waals surface area contributed by atoms with Gasteiger partial charge in [0.15, 0.2) is 0 Å². The highest BCUT2D eigenvalue weighted by atomic mass is 35.5. The van der Waals surface area contributed by atoms with Crippen molar-refractivity contribution in [3.63, 3.8) is 0 Å². The molecule has 16 heavy (non-hydrogen) atoms. The van der Waals surface area contributed by atoms with E-state index >= 15 is 0 Å². The van der Waals surface area contributed by atoms with Crippen molar-refractivity contribution in [2.75, 3.05) is 13.1 Å². The zero-order valence-electron chi connectivity index (χ0n) is 9.67. The van der Waals surface area contributed by atoms with Crippen LogP contribution < -0.4 is 5.73 Å². The Morgan fingerprint density at radius 3 is 2.62 bits per heavy atom. The maximum absolute atomic E-state index is 5.89. The first-order valence-corrected chi connectivity index (χ1v) is 5.68. The summed E-state index contributed by atoms with van der Waals surface area (Å²) in [6.45, 7) is 4.41. The minimum atomic E-state index is 0. The van der Waals surface area contributed by atoms with Crippen LogP contribution in [0.15, 0.2) is 24.4 Å². The van der Waals surface area contributed by atoms with Crippen molar-refractivity contribution >= 4 is 12.4 Å². The summed E-state index contributed by atoms with van der Waals surface area (Å²) in [5.41, 5.74) is 7.05. The van der Waals surface area contributed by atoms with Crippen LogP contribution in [0.3, 0.4) is 0 Å². The molecule has 1 saturated heterocycles. The third kappa shape index (κ3) is 3.17. The van der Waals surface area contributed by atoms with Crippen LogP contribution >= 0.6 is 12.4 Å². The van der Waals surface area contributed by atoms with Gasteiger partial charge in [-0.15, -0.1) is 12.4 Å². The van der Waals surface area contributed by atoms with Crippen molar-refractivity contribution in [3.05, 3.63) is 30.1 Å². The second-order valence-corrected chi connectivity index (χ2v) is 4.30. The molecule has 1 atom stereocenters. The van der Waals surface area contributed by atoms with Gasteiger partial charge in [-0.05, 0) is 31.9 Å². The third-order valence-electron chi connectivity index (χ3n) is 3.24. The number of halogens is 1. The Balaban J connectivity index is 0.00000128. The number of likely N-dealkylation sites (tertiary alicyclic amines) is 1. The normalized spacial score (nSPS) is 20.1.